The molecule has 1 amide bonds. The predicted octanol–water partition coefficient (Wildman–Crippen LogP) is 3.45. The van der Waals surface area contributed by atoms with Crippen LogP contribution in [0.3, 0.4) is 0 Å². The molecule has 0 spiro atoms. The molecule has 3 N–H and O–H groups in total. The van der Waals surface area contributed by atoms with Gasteiger partial charge < -0.3 is 15.8 Å². The Balaban J connectivity index is 1.43. The van der Waals surface area contributed by atoms with Crippen LogP contribution in [0, 0.1) is 5.82 Å². The van der Waals surface area contributed by atoms with Crippen LogP contribution >= 0.6 is 0 Å². The highest BCUT2D eigenvalue weighted by Crippen LogP contribution is 2.39. The van der Waals surface area contributed by atoms with Crippen molar-refractivity contribution in [3.8, 4) is 17.1 Å². The molecule has 1 saturated heterocycles. The van der Waals surface area contributed by atoms with Gasteiger partial charge in [-0.05, 0) is 30.7 Å². The number of rotatable bonds is 6. The third kappa shape index (κ3) is 4.99. The summed E-state index contributed by atoms with van der Waals surface area (Å²) in [5.74, 6) is -1.75. The molecule has 40 heavy (non-hydrogen) atoms. The van der Waals surface area contributed by atoms with Gasteiger partial charge in [0.05, 0.1) is 30.6 Å². The van der Waals surface area contributed by atoms with Crippen LogP contribution in [0.5, 0.6) is 5.88 Å². The molecule has 3 atom stereocenters. The number of likely N-dealkylation sites (tertiary alicyclic amines) is 1. The Morgan fingerprint density at radius 1 is 1.18 bits per heavy atom. The number of aromatic nitrogens is 5. The molecule has 1 aliphatic heterocycles. The molecule has 0 bridgehead atoms. The maximum absolute atomic E-state index is 15.0. The molecule has 1 aliphatic rings. The number of nitrogens with zero attached hydrogens (tertiary/aromatic N) is 6. The molecular weight excluding hydrogens is 539 g/mol. The van der Waals surface area contributed by atoms with Gasteiger partial charge >= 0.3 is 6.18 Å². The lowest BCUT2D eigenvalue weighted by atomic mass is 10.1. The van der Waals surface area contributed by atoms with E-state index in [1.165, 1.54) is 31.6 Å². The number of carbonyl (C=O) groups excluding carboxylic acids is 1. The highest BCUT2D eigenvalue weighted by Gasteiger charge is 2.38. The number of methoxy groups -OCH3 is 1. The van der Waals surface area contributed by atoms with E-state index in [9.17, 15) is 26.7 Å². The number of amides is 1. The second-order valence-electron chi connectivity index (χ2n) is 9.29. The molecular formula is C25H23F5N8O2. The summed E-state index contributed by atoms with van der Waals surface area (Å²) in [6, 6.07) is 2.13. The second kappa shape index (κ2) is 10.3. The molecule has 0 aliphatic carbocycles. The fourth-order valence-electron chi connectivity index (χ4n) is 4.77. The molecule has 0 aromatic carbocycles. The third-order valence-corrected chi connectivity index (χ3v) is 6.82. The lowest BCUT2D eigenvalue weighted by Crippen LogP contribution is -2.41. The first-order valence-corrected chi connectivity index (χ1v) is 12.0. The standard InChI is InChI=1S/C25H23F5N8O2/c1-12(13-3-15(26)8-32-6-13)37-9-18(27)19(10-37)36-23(39)16-4-14(7-33-24(16)40-2)20-5-17(25(28,29)30)21-22(31)34-11-35-38(20)21/h3-8,11-12,18-19H,9-10H2,1-2H3,(H,36,39)(H2,31,34,35)/t12?,18-,19+/m0/s1. The minimum absolute atomic E-state index is 0.0183. The zero-order chi connectivity index (χ0) is 28.8. The monoisotopic (exact) mass is 562 g/mol. The average Bonchev–Trinajstić information content (AvgIpc) is 3.49. The van der Waals surface area contributed by atoms with Gasteiger partial charge in [0.25, 0.3) is 5.91 Å². The number of nitrogens with two attached hydrogens (primary N) is 1. The van der Waals surface area contributed by atoms with Crippen LogP contribution in [0.25, 0.3) is 16.8 Å². The first kappa shape index (κ1) is 27.2. The zero-order valence-corrected chi connectivity index (χ0v) is 21.2. The van der Waals surface area contributed by atoms with Crippen LogP contribution in [-0.4, -0.2) is 67.8 Å². The molecule has 4 aromatic rings. The lowest BCUT2D eigenvalue weighted by molar-refractivity contribution is -0.136. The van der Waals surface area contributed by atoms with Crippen LogP contribution in [0.2, 0.25) is 0 Å². The molecule has 0 saturated carbocycles. The van der Waals surface area contributed by atoms with Crippen LogP contribution < -0.4 is 15.8 Å². The summed E-state index contributed by atoms with van der Waals surface area (Å²) < 4.78 is 76.0. The summed E-state index contributed by atoms with van der Waals surface area (Å²) >= 11 is 0. The highest BCUT2D eigenvalue weighted by atomic mass is 19.4. The van der Waals surface area contributed by atoms with Gasteiger partial charge in [0, 0.05) is 37.1 Å². The molecule has 210 valence electrons. The zero-order valence-electron chi connectivity index (χ0n) is 21.2. The number of anilines is 1. The summed E-state index contributed by atoms with van der Waals surface area (Å²) in [5.41, 5.74) is 4.70. The average molecular weight is 563 g/mol. The number of ether oxygens (including phenoxy) is 1. The van der Waals surface area contributed by atoms with E-state index in [1.54, 1.807) is 11.8 Å². The fraction of sp³-hybridized carbons (Fsp3) is 0.320. The van der Waals surface area contributed by atoms with Crippen molar-refractivity contribution in [1.29, 1.82) is 0 Å². The fourth-order valence-corrected chi connectivity index (χ4v) is 4.77. The SMILES string of the molecule is COc1ncc(-c2cc(C(F)(F)F)c3c(N)ncnn23)cc1C(=O)N[C@@H]1CN(C(C)c2cncc(F)c2)C[C@@H]1F. The van der Waals surface area contributed by atoms with Crippen LogP contribution in [0.1, 0.15) is 34.5 Å². The number of fused-ring (bicyclic) bond motifs is 1. The van der Waals surface area contributed by atoms with Crippen molar-refractivity contribution in [2.24, 2.45) is 0 Å². The van der Waals surface area contributed by atoms with Crippen molar-refractivity contribution in [2.45, 2.75) is 31.4 Å². The van der Waals surface area contributed by atoms with Crippen LogP contribution in [0.4, 0.5) is 27.8 Å². The minimum atomic E-state index is -4.76. The minimum Gasteiger partial charge on any atom is -0.480 e. The van der Waals surface area contributed by atoms with E-state index >= 15 is 0 Å². The van der Waals surface area contributed by atoms with Crippen molar-refractivity contribution >= 4 is 17.2 Å². The Labute approximate surface area is 224 Å². The van der Waals surface area contributed by atoms with Gasteiger partial charge in [-0.15, -0.1) is 0 Å². The smallest absolute Gasteiger partial charge is 0.418 e. The van der Waals surface area contributed by atoms with E-state index < -0.39 is 41.2 Å². The Morgan fingerprint density at radius 2 is 1.95 bits per heavy atom. The van der Waals surface area contributed by atoms with Gasteiger partial charge in [-0.1, -0.05) is 0 Å². The van der Waals surface area contributed by atoms with Crippen LogP contribution in [0.15, 0.2) is 43.1 Å². The Bertz CT molecular complexity index is 1580. The number of halogens is 5. The van der Waals surface area contributed by atoms with E-state index in [4.69, 9.17) is 10.5 Å². The summed E-state index contributed by atoms with van der Waals surface area (Å²) in [7, 11) is 1.27. The number of hydrogen-bond donors (Lipinski definition) is 2. The molecule has 15 heteroatoms. The van der Waals surface area contributed by atoms with Crippen molar-refractivity contribution < 1.29 is 31.5 Å². The lowest BCUT2D eigenvalue weighted by Gasteiger charge is -2.24. The number of alkyl halides is 4. The largest absolute Gasteiger partial charge is 0.480 e. The summed E-state index contributed by atoms with van der Waals surface area (Å²) in [6.45, 7) is 1.88. The molecule has 5 rings (SSSR count). The number of nitrogen functional groups attached to an aromatic ring is 1. The third-order valence-electron chi connectivity index (χ3n) is 6.82. The maximum Gasteiger partial charge on any atom is 0.418 e. The number of nitrogens with one attached hydrogen (secondary N) is 1. The van der Waals surface area contributed by atoms with Crippen LogP contribution in [-0.2, 0) is 6.18 Å². The predicted molar refractivity (Wildman–Crippen MR) is 133 cm³/mol. The summed E-state index contributed by atoms with van der Waals surface area (Å²) in [4.78, 5) is 26.6. The van der Waals surface area contributed by atoms with Gasteiger partial charge in [0.2, 0.25) is 5.88 Å². The van der Waals surface area contributed by atoms with E-state index in [2.05, 4.69) is 25.4 Å². The van der Waals surface area contributed by atoms with Gasteiger partial charge in [0.15, 0.2) is 5.82 Å². The quantitative estimate of drug-likeness (QED) is 0.343. The molecule has 5 heterocycles. The van der Waals surface area contributed by atoms with Crippen molar-refractivity contribution in [3.05, 3.63) is 65.6 Å². The Hall–Kier alpha value is -4.40. The van der Waals surface area contributed by atoms with Gasteiger partial charge in [-0.2, -0.15) is 18.3 Å². The van der Waals surface area contributed by atoms with Crippen molar-refractivity contribution in [3.63, 3.8) is 0 Å². The first-order valence-electron chi connectivity index (χ1n) is 12.0. The normalized spacial score (nSPS) is 18.7. The number of hydrogen-bond acceptors (Lipinski definition) is 8. The highest BCUT2D eigenvalue weighted by molar-refractivity contribution is 5.98. The molecule has 10 nitrogen and oxygen atoms in total. The number of carbonyl (C=O) groups is 1. The van der Waals surface area contributed by atoms with Crippen molar-refractivity contribution in [2.75, 3.05) is 25.9 Å². The van der Waals surface area contributed by atoms with E-state index in [-0.39, 0.29) is 47.7 Å². The molecule has 4 aromatic heterocycles. The molecule has 1 unspecified atom stereocenters. The Kier molecular flexibility index (Phi) is 6.99. The van der Waals surface area contributed by atoms with Crippen molar-refractivity contribution in [1.82, 2.24) is 34.8 Å². The Morgan fingerprint density at radius 3 is 2.65 bits per heavy atom. The van der Waals surface area contributed by atoms with E-state index in [0.29, 0.717) is 5.56 Å². The van der Waals surface area contributed by atoms with Gasteiger partial charge in [0.1, 0.15) is 29.4 Å². The van der Waals surface area contributed by atoms with E-state index in [0.717, 1.165) is 23.1 Å². The molecule has 0 radical (unpaired) electrons. The topological polar surface area (TPSA) is 124 Å². The number of pyridine rings is 2. The summed E-state index contributed by atoms with van der Waals surface area (Å²) in [5, 5.41) is 6.52. The van der Waals surface area contributed by atoms with E-state index in [1.807, 2.05) is 0 Å². The van der Waals surface area contributed by atoms with Gasteiger partial charge in [-0.3, -0.25) is 14.7 Å². The maximum atomic E-state index is 15.0. The second-order valence-corrected chi connectivity index (χ2v) is 9.29. The first-order chi connectivity index (χ1) is 19.0. The van der Waals surface area contributed by atoms with Gasteiger partial charge in [-0.25, -0.2) is 23.3 Å². The summed E-state index contributed by atoms with van der Waals surface area (Å²) in [6.07, 6.45) is -1.42. The molecule has 1 fully saturated rings.